The minimum absolute atomic E-state index is 0.0657. The van der Waals surface area contributed by atoms with Crippen LogP contribution in [0.5, 0.6) is 0 Å². The van der Waals surface area contributed by atoms with E-state index < -0.39 is 0 Å². The van der Waals surface area contributed by atoms with E-state index in [4.69, 9.17) is 11.6 Å². The van der Waals surface area contributed by atoms with Gasteiger partial charge in [0.2, 0.25) is 5.28 Å². The van der Waals surface area contributed by atoms with Gasteiger partial charge in [-0.25, -0.2) is 9.97 Å². The fourth-order valence-electron chi connectivity index (χ4n) is 4.37. The van der Waals surface area contributed by atoms with Gasteiger partial charge in [0.25, 0.3) is 0 Å². The summed E-state index contributed by atoms with van der Waals surface area (Å²) in [6, 6.07) is 12.7. The molecular weight excluding hydrogens is 308 g/mol. The molecule has 2 heterocycles. The Morgan fingerprint density at radius 1 is 1.17 bits per heavy atom. The zero-order valence-electron chi connectivity index (χ0n) is 12.3. The Labute approximate surface area is 138 Å². The molecule has 6 rings (SSSR count). The Morgan fingerprint density at radius 2 is 1.96 bits per heavy atom. The van der Waals surface area contributed by atoms with Crippen LogP contribution in [-0.2, 0) is 5.54 Å². The van der Waals surface area contributed by atoms with E-state index >= 15 is 0 Å². The van der Waals surface area contributed by atoms with Crippen molar-refractivity contribution in [2.45, 2.75) is 24.8 Å². The Hall–Kier alpha value is -2.38. The summed E-state index contributed by atoms with van der Waals surface area (Å²) in [5.41, 5.74) is 3.15. The van der Waals surface area contributed by atoms with Gasteiger partial charge in [-0.15, -0.1) is 0 Å². The predicted molar refractivity (Wildman–Crippen MR) is 87.8 cm³/mol. The van der Waals surface area contributed by atoms with Crippen LogP contribution < -0.4 is 0 Å². The summed E-state index contributed by atoms with van der Waals surface area (Å²) in [6.45, 7) is 0. The molecule has 0 unspecified atom stereocenters. The summed E-state index contributed by atoms with van der Waals surface area (Å²) in [4.78, 5) is 8.33. The highest BCUT2D eigenvalue weighted by molar-refractivity contribution is 6.28. The van der Waals surface area contributed by atoms with Crippen LogP contribution in [0.4, 0.5) is 0 Å². The maximum atomic E-state index is 9.28. The lowest BCUT2D eigenvalue weighted by atomic mass is 9.40. The maximum Gasteiger partial charge on any atom is 0.222 e. The molecule has 4 nitrogen and oxygen atoms in total. The van der Waals surface area contributed by atoms with Crippen LogP contribution in [0.2, 0.25) is 5.28 Å². The Bertz CT molecular complexity index is 978. The predicted octanol–water partition coefficient (Wildman–Crippen LogP) is 4.15. The fourth-order valence-corrected chi connectivity index (χ4v) is 4.52. The van der Waals surface area contributed by atoms with Crippen LogP contribution >= 0.6 is 11.6 Å². The van der Waals surface area contributed by atoms with Crippen molar-refractivity contribution in [2.24, 2.45) is 5.41 Å². The van der Waals surface area contributed by atoms with E-state index in [1.54, 1.807) is 6.20 Å². The molecule has 0 spiro atoms. The van der Waals surface area contributed by atoms with E-state index in [9.17, 15) is 5.26 Å². The molecule has 3 aliphatic rings. The van der Waals surface area contributed by atoms with Crippen molar-refractivity contribution in [1.82, 2.24) is 14.5 Å². The van der Waals surface area contributed by atoms with Crippen molar-refractivity contribution in [2.75, 3.05) is 0 Å². The highest BCUT2D eigenvalue weighted by Gasteiger charge is 2.69. The first-order valence-electron chi connectivity index (χ1n) is 7.66. The molecule has 3 fully saturated rings. The van der Waals surface area contributed by atoms with Gasteiger partial charge in [-0.1, -0.05) is 18.2 Å². The molecule has 0 atom stereocenters. The molecule has 2 aromatic heterocycles. The number of hydrogen-bond acceptors (Lipinski definition) is 3. The summed E-state index contributed by atoms with van der Waals surface area (Å²) < 4.78 is 2.35. The smallest absolute Gasteiger partial charge is 0.222 e. The van der Waals surface area contributed by atoms with Crippen LogP contribution in [0.25, 0.3) is 22.2 Å². The number of rotatable bonds is 2. The lowest BCUT2D eigenvalue weighted by molar-refractivity contribution is -0.143. The summed E-state index contributed by atoms with van der Waals surface area (Å²) in [6.07, 6.45) is 6.73. The molecule has 23 heavy (non-hydrogen) atoms. The number of para-hydroxylation sites is 1. The first kappa shape index (κ1) is 13.1. The molecule has 0 saturated heterocycles. The minimum atomic E-state index is -0.0657. The maximum absolute atomic E-state index is 9.28. The minimum Gasteiger partial charge on any atom is -0.340 e. The van der Waals surface area contributed by atoms with Crippen molar-refractivity contribution in [3.63, 3.8) is 0 Å². The number of hydrogen-bond donors (Lipinski definition) is 0. The van der Waals surface area contributed by atoms with Gasteiger partial charge in [-0.2, -0.15) is 5.26 Å². The quantitative estimate of drug-likeness (QED) is 0.666. The topological polar surface area (TPSA) is 54.5 Å². The molecule has 112 valence electrons. The van der Waals surface area contributed by atoms with Crippen LogP contribution in [-0.4, -0.2) is 14.5 Å². The van der Waals surface area contributed by atoms with Gasteiger partial charge in [0.1, 0.15) is 0 Å². The second-order valence-corrected chi connectivity index (χ2v) is 7.13. The van der Waals surface area contributed by atoms with E-state index in [2.05, 4.69) is 45.0 Å². The number of fused-ring (bicyclic) bond motifs is 1. The van der Waals surface area contributed by atoms with Gasteiger partial charge in [0, 0.05) is 34.4 Å². The molecule has 0 radical (unpaired) electrons. The summed E-state index contributed by atoms with van der Waals surface area (Å²) >= 11 is 5.96. The lowest BCUT2D eigenvalue weighted by Gasteiger charge is -2.67. The van der Waals surface area contributed by atoms with Crippen molar-refractivity contribution in [1.29, 1.82) is 5.26 Å². The monoisotopic (exact) mass is 320 g/mol. The van der Waals surface area contributed by atoms with Crippen molar-refractivity contribution < 1.29 is 0 Å². The van der Waals surface area contributed by atoms with E-state index in [1.807, 2.05) is 12.1 Å². The third kappa shape index (κ3) is 1.60. The number of aromatic nitrogens is 3. The first-order valence-corrected chi connectivity index (χ1v) is 8.03. The van der Waals surface area contributed by atoms with Gasteiger partial charge in [-0.3, -0.25) is 0 Å². The third-order valence-electron chi connectivity index (χ3n) is 5.36. The first-order chi connectivity index (χ1) is 11.1. The van der Waals surface area contributed by atoms with E-state index in [-0.39, 0.29) is 16.2 Å². The number of nitrogens with zero attached hydrogens (tertiary/aromatic N) is 4. The average Bonchev–Trinajstić information content (AvgIpc) is 2.85. The second kappa shape index (κ2) is 4.12. The Morgan fingerprint density at radius 3 is 2.70 bits per heavy atom. The SMILES string of the molecule is N#CC12CC(n3cc(-c4ccnc(Cl)n4)c4ccccc43)(C1)C2. The summed E-state index contributed by atoms with van der Waals surface area (Å²) in [7, 11) is 0. The Balaban J connectivity index is 1.70. The van der Waals surface area contributed by atoms with Gasteiger partial charge in [-0.05, 0) is 43.0 Å². The lowest BCUT2D eigenvalue weighted by Crippen LogP contribution is -2.66. The van der Waals surface area contributed by atoms with Crippen LogP contribution in [0.3, 0.4) is 0 Å². The van der Waals surface area contributed by atoms with Crippen LogP contribution in [0.15, 0.2) is 42.7 Å². The highest BCUT2D eigenvalue weighted by Crippen LogP contribution is 2.71. The number of benzene rings is 1. The molecule has 0 aliphatic heterocycles. The summed E-state index contributed by atoms with van der Waals surface area (Å²) in [5, 5.41) is 10.7. The molecule has 5 heteroatoms. The van der Waals surface area contributed by atoms with Crippen molar-refractivity contribution >= 4 is 22.5 Å². The zero-order valence-corrected chi connectivity index (χ0v) is 13.1. The standard InChI is InChI=1S/C18H13ClN4/c19-16-21-6-5-14(22-16)13-7-23(15-4-2-1-3-12(13)15)18-8-17(9-18,10-18)11-20/h1-7H,8-10H2. The molecule has 0 N–H and O–H groups in total. The molecule has 2 bridgehead atoms. The van der Waals surface area contributed by atoms with E-state index in [1.165, 1.54) is 5.52 Å². The van der Waals surface area contributed by atoms with Gasteiger partial charge in [0.15, 0.2) is 0 Å². The van der Waals surface area contributed by atoms with Crippen molar-refractivity contribution in [3.05, 3.63) is 48.0 Å². The highest BCUT2D eigenvalue weighted by atomic mass is 35.5. The number of halogens is 1. The molecule has 3 aromatic rings. The molecule has 3 saturated carbocycles. The molecule has 0 amide bonds. The van der Waals surface area contributed by atoms with Crippen LogP contribution in [0.1, 0.15) is 19.3 Å². The molecule has 3 aliphatic carbocycles. The summed E-state index contributed by atoms with van der Waals surface area (Å²) in [5.74, 6) is 0. The van der Waals surface area contributed by atoms with Gasteiger partial charge in [0.05, 0.1) is 17.2 Å². The van der Waals surface area contributed by atoms with Gasteiger partial charge < -0.3 is 4.57 Å². The second-order valence-electron chi connectivity index (χ2n) is 6.79. The van der Waals surface area contributed by atoms with Crippen LogP contribution in [0, 0.1) is 16.7 Å². The molecular formula is C18H13ClN4. The zero-order chi connectivity index (χ0) is 15.7. The fraction of sp³-hybridized carbons (Fsp3) is 0.278. The Kier molecular flexibility index (Phi) is 2.35. The van der Waals surface area contributed by atoms with Crippen molar-refractivity contribution in [3.8, 4) is 17.3 Å². The van der Waals surface area contributed by atoms with E-state index in [0.717, 1.165) is 35.9 Å². The normalized spacial score (nSPS) is 28.0. The average molecular weight is 321 g/mol. The van der Waals surface area contributed by atoms with E-state index in [0.29, 0.717) is 0 Å². The third-order valence-corrected chi connectivity index (χ3v) is 5.55. The molecule has 1 aromatic carbocycles. The number of nitriles is 1. The van der Waals surface area contributed by atoms with Gasteiger partial charge >= 0.3 is 0 Å². The largest absolute Gasteiger partial charge is 0.340 e.